The molecular formula is C20H24O2. The minimum Gasteiger partial charge on any atom is -0.490 e. The zero-order valence-corrected chi connectivity index (χ0v) is 13.9. The van der Waals surface area contributed by atoms with E-state index in [4.69, 9.17) is 9.47 Å². The largest absolute Gasteiger partial charge is 0.490 e. The molecule has 0 bridgehead atoms. The summed E-state index contributed by atoms with van der Waals surface area (Å²) in [5.74, 6) is 2.12. The molecule has 0 spiro atoms. The molecule has 3 rings (SSSR count). The number of ether oxygens (including phenoxy) is 2. The zero-order valence-electron chi connectivity index (χ0n) is 13.9. The molecule has 22 heavy (non-hydrogen) atoms. The molecule has 0 N–H and O–H groups in total. The van der Waals surface area contributed by atoms with Gasteiger partial charge in [-0.05, 0) is 49.4 Å². The molecule has 2 aromatic rings. The Balaban J connectivity index is 1.91. The van der Waals surface area contributed by atoms with E-state index in [1.54, 1.807) is 0 Å². The van der Waals surface area contributed by atoms with Crippen LogP contribution in [0.25, 0.3) is 0 Å². The molecule has 0 saturated heterocycles. The third kappa shape index (κ3) is 2.58. The topological polar surface area (TPSA) is 18.5 Å². The first kappa shape index (κ1) is 15.0. The maximum absolute atomic E-state index is 6.17. The molecular weight excluding hydrogens is 272 g/mol. The van der Waals surface area contributed by atoms with Gasteiger partial charge in [-0.25, -0.2) is 0 Å². The lowest BCUT2D eigenvalue weighted by molar-refractivity contribution is 0.227. The van der Waals surface area contributed by atoms with Crippen molar-refractivity contribution >= 4 is 0 Å². The fraction of sp³-hybridized carbons (Fsp3) is 0.400. The van der Waals surface area contributed by atoms with Crippen molar-refractivity contribution in [2.24, 2.45) is 0 Å². The Labute approximate surface area is 133 Å². The normalized spacial score (nSPS) is 16.3. The van der Waals surface area contributed by atoms with Gasteiger partial charge in [0.1, 0.15) is 24.2 Å². The lowest BCUT2D eigenvalue weighted by Gasteiger charge is -2.18. The average molecular weight is 296 g/mol. The highest BCUT2D eigenvalue weighted by Gasteiger charge is 2.28. The van der Waals surface area contributed by atoms with Crippen LogP contribution in [0.5, 0.6) is 11.5 Å². The highest BCUT2D eigenvalue weighted by molar-refractivity contribution is 5.59. The van der Waals surface area contributed by atoms with Crippen molar-refractivity contribution < 1.29 is 9.47 Å². The second-order valence-corrected chi connectivity index (χ2v) is 6.14. The highest BCUT2D eigenvalue weighted by Crippen LogP contribution is 2.43. The molecule has 1 aliphatic rings. The number of hydrogen-bond donors (Lipinski definition) is 0. The van der Waals surface area contributed by atoms with Crippen LogP contribution in [0, 0.1) is 20.8 Å². The third-order valence-electron chi connectivity index (χ3n) is 4.71. The molecule has 116 valence electrons. The second-order valence-electron chi connectivity index (χ2n) is 6.14. The lowest BCUT2D eigenvalue weighted by atomic mass is 9.95. The van der Waals surface area contributed by atoms with E-state index < -0.39 is 0 Å². The summed E-state index contributed by atoms with van der Waals surface area (Å²) >= 11 is 0. The zero-order chi connectivity index (χ0) is 15.7. The minimum atomic E-state index is 0.316. The van der Waals surface area contributed by atoms with Crippen LogP contribution in [-0.2, 0) is 13.0 Å². The Morgan fingerprint density at radius 1 is 1.05 bits per heavy atom. The van der Waals surface area contributed by atoms with Crippen molar-refractivity contribution in [1.29, 1.82) is 0 Å². The fourth-order valence-corrected chi connectivity index (χ4v) is 3.17. The van der Waals surface area contributed by atoms with Crippen LogP contribution in [0.3, 0.4) is 0 Å². The predicted octanol–water partition coefficient (Wildman–Crippen LogP) is 4.90. The molecule has 0 saturated carbocycles. The molecule has 0 radical (unpaired) electrons. The maximum Gasteiger partial charge on any atom is 0.126 e. The van der Waals surface area contributed by atoms with E-state index in [1.165, 1.54) is 27.8 Å². The van der Waals surface area contributed by atoms with Gasteiger partial charge < -0.3 is 9.47 Å². The summed E-state index contributed by atoms with van der Waals surface area (Å²) in [6, 6.07) is 10.3. The van der Waals surface area contributed by atoms with E-state index >= 15 is 0 Å². The molecule has 0 aromatic heterocycles. The molecule has 2 aromatic carbocycles. The molecule has 0 fully saturated rings. The third-order valence-corrected chi connectivity index (χ3v) is 4.71. The molecule has 0 amide bonds. The number of fused-ring (bicyclic) bond motifs is 1. The van der Waals surface area contributed by atoms with Crippen LogP contribution in [0.1, 0.15) is 41.2 Å². The number of rotatable bonds is 4. The van der Waals surface area contributed by atoms with Gasteiger partial charge in [0.15, 0.2) is 0 Å². The van der Waals surface area contributed by atoms with E-state index in [9.17, 15) is 0 Å². The Morgan fingerprint density at radius 3 is 2.45 bits per heavy atom. The van der Waals surface area contributed by atoms with Crippen LogP contribution in [-0.4, -0.2) is 6.10 Å². The van der Waals surface area contributed by atoms with Crippen molar-refractivity contribution in [1.82, 2.24) is 0 Å². The summed E-state index contributed by atoms with van der Waals surface area (Å²) in [6.45, 7) is 9.22. The van der Waals surface area contributed by atoms with Crippen LogP contribution in [0.4, 0.5) is 0 Å². The molecule has 2 heteroatoms. The average Bonchev–Trinajstić information content (AvgIpc) is 2.98. The van der Waals surface area contributed by atoms with E-state index in [2.05, 4.69) is 39.8 Å². The summed E-state index contributed by atoms with van der Waals surface area (Å²) in [5.41, 5.74) is 6.19. The first-order valence-electron chi connectivity index (χ1n) is 8.07. The van der Waals surface area contributed by atoms with E-state index in [1.807, 2.05) is 18.2 Å². The molecule has 1 aliphatic heterocycles. The molecule has 0 aliphatic carbocycles. The van der Waals surface area contributed by atoms with Gasteiger partial charge >= 0.3 is 0 Å². The van der Waals surface area contributed by atoms with Crippen molar-refractivity contribution in [3.8, 4) is 11.5 Å². The van der Waals surface area contributed by atoms with Gasteiger partial charge in [-0.1, -0.05) is 37.3 Å². The van der Waals surface area contributed by atoms with E-state index in [0.29, 0.717) is 12.7 Å². The summed E-state index contributed by atoms with van der Waals surface area (Å²) in [7, 11) is 0. The second kappa shape index (κ2) is 6.04. The van der Waals surface area contributed by atoms with Crippen molar-refractivity contribution in [2.45, 2.75) is 53.2 Å². The Morgan fingerprint density at radius 2 is 1.77 bits per heavy atom. The molecule has 0 unspecified atom stereocenters. The number of hydrogen-bond acceptors (Lipinski definition) is 2. The smallest absolute Gasteiger partial charge is 0.126 e. The Bertz CT molecular complexity index is 674. The molecule has 1 heterocycles. The van der Waals surface area contributed by atoms with Crippen LogP contribution < -0.4 is 9.47 Å². The van der Waals surface area contributed by atoms with Gasteiger partial charge in [0.05, 0.1) is 0 Å². The van der Waals surface area contributed by atoms with Gasteiger partial charge in [-0.3, -0.25) is 0 Å². The summed E-state index contributed by atoms with van der Waals surface area (Å²) in [6.07, 6.45) is 2.36. The molecule has 2 nitrogen and oxygen atoms in total. The number of benzene rings is 2. The van der Waals surface area contributed by atoms with E-state index in [-0.39, 0.29) is 0 Å². The fourth-order valence-electron chi connectivity index (χ4n) is 3.17. The SMILES string of the molecule is CC[C@H]1Cc2c(C)c(OCc3ccccc3)c(C)c(C)c2O1. The predicted molar refractivity (Wildman–Crippen MR) is 89.8 cm³/mol. The standard InChI is InChI=1S/C20H24O2/c1-5-17-11-18-15(4)19(13(2)14(3)20(18)22-17)21-12-16-9-7-6-8-10-16/h6-10,17H,5,11-12H2,1-4H3/t17-/m0/s1. The highest BCUT2D eigenvalue weighted by atomic mass is 16.5. The van der Waals surface area contributed by atoms with Crippen LogP contribution in [0.2, 0.25) is 0 Å². The summed E-state index contributed by atoms with van der Waals surface area (Å²) < 4.78 is 12.3. The Hall–Kier alpha value is -1.96. The van der Waals surface area contributed by atoms with Gasteiger partial charge in [0.25, 0.3) is 0 Å². The lowest BCUT2D eigenvalue weighted by Crippen LogP contribution is -2.10. The summed E-state index contributed by atoms with van der Waals surface area (Å²) in [4.78, 5) is 0. The van der Waals surface area contributed by atoms with Gasteiger partial charge in [-0.2, -0.15) is 0 Å². The van der Waals surface area contributed by atoms with Crippen LogP contribution in [0.15, 0.2) is 30.3 Å². The monoisotopic (exact) mass is 296 g/mol. The van der Waals surface area contributed by atoms with Crippen LogP contribution >= 0.6 is 0 Å². The molecule has 1 atom stereocenters. The quantitative estimate of drug-likeness (QED) is 0.798. The summed E-state index contributed by atoms with van der Waals surface area (Å²) in [5, 5.41) is 0. The first-order valence-corrected chi connectivity index (χ1v) is 8.07. The van der Waals surface area contributed by atoms with Gasteiger partial charge in [-0.15, -0.1) is 0 Å². The van der Waals surface area contributed by atoms with E-state index in [0.717, 1.165) is 24.3 Å². The minimum absolute atomic E-state index is 0.316. The van der Waals surface area contributed by atoms with Crippen molar-refractivity contribution in [3.05, 3.63) is 58.1 Å². The van der Waals surface area contributed by atoms with Gasteiger partial charge in [0, 0.05) is 12.0 Å². The van der Waals surface area contributed by atoms with Gasteiger partial charge in [0.2, 0.25) is 0 Å². The van der Waals surface area contributed by atoms with Crippen molar-refractivity contribution in [3.63, 3.8) is 0 Å². The Kier molecular flexibility index (Phi) is 4.10. The first-order chi connectivity index (χ1) is 10.6. The van der Waals surface area contributed by atoms with Crippen molar-refractivity contribution in [2.75, 3.05) is 0 Å². The maximum atomic E-state index is 6.17.